The number of ether oxygens (including phenoxy) is 1. The number of aromatic nitrogens is 4. The first-order chi connectivity index (χ1) is 9.94. The van der Waals surface area contributed by atoms with E-state index in [9.17, 15) is 0 Å². The first-order valence-electron chi connectivity index (χ1n) is 6.33. The van der Waals surface area contributed by atoms with E-state index in [0.29, 0.717) is 23.5 Å². The van der Waals surface area contributed by atoms with E-state index in [1.165, 1.54) is 6.33 Å². The Hall–Kier alpha value is -1.16. The fraction of sp³-hybridized carbons (Fsp3) is 0.500. The van der Waals surface area contributed by atoms with Crippen molar-refractivity contribution in [3.05, 3.63) is 12.7 Å². The van der Waals surface area contributed by atoms with Gasteiger partial charge in [0.1, 0.15) is 18.1 Å². The molecule has 0 amide bonds. The van der Waals surface area contributed by atoms with Crippen LogP contribution in [0.25, 0.3) is 11.2 Å². The lowest BCUT2D eigenvalue weighted by molar-refractivity contribution is 0.00676. The Labute approximate surface area is 125 Å². The van der Waals surface area contributed by atoms with Crippen LogP contribution in [0.4, 0.5) is 5.82 Å². The van der Waals surface area contributed by atoms with Crippen LogP contribution in [0.15, 0.2) is 12.7 Å². The monoisotopic (exact) mass is 330 g/mol. The number of nitrogens with zero attached hydrogens (tertiary/aromatic N) is 4. The molecule has 3 rings (SSSR count). The van der Waals surface area contributed by atoms with Crippen LogP contribution in [0, 0.1) is 0 Å². The topological polar surface area (TPSA) is 131 Å². The first kappa shape index (κ1) is 14.8. The number of imidazole rings is 1. The van der Waals surface area contributed by atoms with Gasteiger partial charge in [-0.1, -0.05) is 0 Å². The Kier molecular flexibility index (Phi) is 3.91. The smallest absolute Gasteiger partial charge is 0.256 e. The minimum Gasteiger partial charge on any atom is -0.382 e. The molecule has 2 atom stereocenters. The van der Waals surface area contributed by atoms with Crippen molar-refractivity contribution in [3.63, 3.8) is 0 Å². The van der Waals surface area contributed by atoms with Crippen molar-refractivity contribution in [2.24, 2.45) is 0 Å². The molecule has 0 saturated carbocycles. The molecule has 2 aromatic rings. The second kappa shape index (κ2) is 5.56. The molecule has 21 heavy (non-hydrogen) atoms. The molecule has 1 aliphatic heterocycles. The SMILES string of the molecule is Nc1ncnc2c1ncn2[C@H]1CC[C@@H](CNP(O)(O)=S)O1. The maximum atomic E-state index is 9.17. The van der Waals surface area contributed by atoms with Crippen molar-refractivity contribution < 1.29 is 14.5 Å². The number of rotatable bonds is 4. The highest BCUT2D eigenvalue weighted by molar-refractivity contribution is 8.08. The largest absolute Gasteiger partial charge is 0.382 e. The number of nitrogen functional groups attached to an aromatic ring is 1. The Morgan fingerprint density at radius 3 is 3.00 bits per heavy atom. The Morgan fingerprint density at radius 1 is 1.43 bits per heavy atom. The maximum Gasteiger partial charge on any atom is 0.256 e. The van der Waals surface area contributed by atoms with Gasteiger partial charge in [0.05, 0.1) is 12.4 Å². The standard InChI is InChI=1S/C10H15N6O3PS/c11-9-8-10(13-4-12-9)16(5-14-8)7-2-1-6(19-7)3-15-20(17,18)21/h4-7H,1-3H2,(H2,11,12,13)(H3,15,17,18,21)/t6-,7+/m0/s1. The number of hydrogen-bond acceptors (Lipinski definition) is 6. The number of hydrogen-bond donors (Lipinski definition) is 4. The molecule has 0 spiro atoms. The summed E-state index contributed by atoms with van der Waals surface area (Å²) >= 11 is 4.52. The van der Waals surface area contributed by atoms with E-state index in [0.717, 1.165) is 12.8 Å². The molecule has 5 N–H and O–H groups in total. The Bertz CT molecular complexity index is 703. The molecule has 1 saturated heterocycles. The van der Waals surface area contributed by atoms with E-state index >= 15 is 0 Å². The molecule has 0 aromatic carbocycles. The third kappa shape index (κ3) is 3.20. The summed E-state index contributed by atoms with van der Waals surface area (Å²) < 4.78 is 7.66. The molecule has 1 aliphatic rings. The molecule has 9 nitrogen and oxygen atoms in total. The zero-order chi connectivity index (χ0) is 15.0. The van der Waals surface area contributed by atoms with Crippen LogP contribution >= 0.6 is 6.64 Å². The molecular weight excluding hydrogens is 315 g/mol. The predicted molar refractivity (Wildman–Crippen MR) is 79.6 cm³/mol. The second-order valence-electron chi connectivity index (χ2n) is 4.78. The number of nitrogens with one attached hydrogen (secondary N) is 1. The van der Waals surface area contributed by atoms with E-state index in [1.807, 2.05) is 0 Å². The average molecular weight is 330 g/mol. The molecule has 2 aromatic heterocycles. The highest BCUT2D eigenvalue weighted by Crippen LogP contribution is 2.33. The van der Waals surface area contributed by atoms with Crippen molar-refractivity contribution >= 4 is 35.4 Å². The van der Waals surface area contributed by atoms with Gasteiger partial charge in [0.2, 0.25) is 0 Å². The van der Waals surface area contributed by atoms with Gasteiger partial charge >= 0.3 is 0 Å². The zero-order valence-electron chi connectivity index (χ0n) is 11.0. The van der Waals surface area contributed by atoms with Crippen molar-refractivity contribution in [2.75, 3.05) is 12.3 Å². The number of nitrogens with two attached hydrogens (primary N) is 1. The third-order valence-electron chi connectivity index (χ3n) is 3.31. The molecule has 114 valence electrons. The van der Waals surface area contributed by atoms with Crippen LogP contribution in [-0.4, -0.2) is 42.0 Å². The van der Waals surface area contributed by atoms with Gasteiger partial charge in [-0.05, 0) is 24.6 Å². The summed E-state index contributed by atoms with van der Waals surface area (Å²) in [6, 6.07) is 0. The van der Waals surface area contributed by atoms with Crippen LogP contribution in [-0.2, 0) is 16.5 Å². The van der Waals surface area contributed by atoms with Gasteiger partial charge in [-0.3, -0.25) is 4.57 Å². The third-order valence-corrected chi connectivity index (χ3v) is 4.29. The van der Waals surface area contributed by atoms with E-state index in [1.54, 1.807) is 10.9 Å². The highest BCUT2D eigenvalue weighted by atomic mass is 32.5. The normalized spacial score (nSPS) is 23.0. The van der Waals surface area contributed by atoms with Gasteiger partial charge in [-0.15, -0.1) is 0 Å². The molecule has 1 fully saturated rings. The van der Waals surface area contributed by atoms with Crippen molar-refractivity contribution in [1.29, 1.82) is 0 Å². The van der Waals surface area contributed by atoms with Crippen LogP contribution < -0.4 is 10.8 Å². The Morgan fingerprint density at radius 2 is 2.24 bits per heavy atom. The van der Waals surface area contributed by atoms with E-state index in [4.69, 9.17) is 20.3 Å². The van der Waals surface area contributed by atoms with Crippen LogP contribution in [0.5, 0.6) is 0 Å². The van der Waals surface area contributed by atoms with E-state index in [-0.39, 0.29) is 12.3 Å². The molecule has 11 heteroatoms. The van der Waals surface area contributed by atoms with Gasteiger partial charge in [0.25, 0.3) is 6.64 Å². The number of fused-ring (bicyclic) bond motifs is 1. The van der Waals surface area contributed by atoms with Gasteiger partial charge in [0, 0.05) is 6.54 Å². The molecule has 0 bridgehead atoms. The minimum atomic E-state index is -3.40. The number of anilines is 1. The molecule has 0 radical (unpaired) electrons. The van der Waals surface area contributed by atoms with Crippen LogP contribution in [0.2, 0.25) is 0 Å². The summed E-state index contributed by atoms with van der Waals surface area (Å²) in [6.07, 6.45) is 4.18. The fourth-order valence-electron chi connectivity index (χ4n) is 2.34. The molecule has 0 aliphatic carbocycles. The lowest BCUT2D eigenvalue weighted by Crippen LogP contribution is -2.24. The van der Waals surface area contributed by atoms with Gasteiger partial charge in [-0.25, -0.2) is 20.0 Å². The predicted octanol–water partition coefficient (Wildman–Crippen LogP) is -0.115. The van der Waals surface area contributed by atoms with Crippen LogP contribution in [0.1, 0.15) is 19.1 Å². The zero-order valence-corrected chi connectivity index (χ0v) is 12.7. The minimum absolute atomic E-state index is 0.145. The summed E-state index contributed by atoms with van der Waals surface area (Å²) in [5.74, 6) is 0.330. The van der Waals surface area contributed by atoms with E-state index in [2.05, 4.69) is 31.8 Å². The quantitative estimate of drug-likeness (QED) is 0.567. The molecular formula is C10H15N6O3PS. The van der Waals surface area contributed by atoms with Gasteiger partial charge in [-0.2, -0.15) is 0 Å². The summed E-state index contributed by atoms with van der Waals surface area (Å²) in [6.45, 7) is -3.10. The highest BCUT2D eigenvalue weighted by Gasteiger charge is 2.28. The summed E-state index contributed by atoms with van der Waals surface area (Å²) in [4.78, 5) is 30.6. The average Bonchev–Trinajstić information content (AvgIpc) is 3.02. The van der Waals surface area contributed by atoms with Gasteiger partial charge < -0.3 is 20.3 Å². The second-order valence-corrected chi connectivity index (χ2v) is 7.71. The lowest BCUT2D eigenvalue weighted by atomic mass is 10.2. The molecule has 0 unspecified atom stereocenters. The maximum absolute atomic E-state index is 9.17. The van der Waals surface area contributed by atoms with Gasteiger partial charge in [0.15, 0.2) is 11.5 Å². The van der Waals surface area contributed by atoms with E-state index < -0.39 is 6.64 Å². The Balaban J connectivity index is 1.73. The summed E-state index contributed by atoms with van der Waals surface area (Å²) in [5.41, 5.74) is 6.92. The van der Waals surface area contributed by atoms with Crippen molar-refractivity contribution in [3.8, 4) is 0 Å². The summed E-state index contributed by atoms with van der Waals surface area (Å²) in [7, 11) is 0. The van der Waals surface area contributed by atoms with Crippen molar-refractivity contribution in [1.82, 2.24) is 24.6 Å². The lowest BCUT2D eigenvalue weighted by Gasteiger charge is -2.17. The first-order valence-corrected chi connectivity index (χ1v) is 9.04. The van der Waals surface area contributed by atoms with Crippen LogP contribution in [0.3, 0.4) is 0 Å². The summed E-state index contributed by atoms with van der Waals surface area (Å²) in [5, 5.41) is 2.52. The van der Waals surface area contributed by atoms with Crippen molar-refractivity contribution in [2.45, 2.75) is 25.2 Å². The fourth-order valence-corrected chi connectivity index (χ4v) is 3.01. The molecule has 3 heterocycles.